The van der Waals surface area contributed by atoms with Gasteiger partial charge in [0.15, 0.2) is 5.15 Å². The van der Waals surface area contributed by atoms with Crippen LogP contribution in [0.3, 0.4) is 0 Å². The van der Waals surface area contributed by atoms with E-state index in [9.17, 15) is 4.39 Å². The van der Waals surface area contributed by atoms with Crippen molar-refractivity contribution < 1.29 is 4.39 Å². The van der Waals surface area contributed by atoms with Gasteiger partial charge in [-0.1, -0.05) is 23.2 Å². The van der Waals surface area contributed by atoms with E-state index < -0.39 is 5.82 Å². The topological polar surface area (TPSA) is 38.7 Å². The Labute approximate surface area is 94.9 Å². The highest BCUT2D eigenvalue weighted by Gasteiger charge is 2.12. The summed E-state index contributed by atoms with van der Waals surface area (Å²) in [6.07, 6.45) is 1.19. The highest BCUT2D eigenvalue weighted by atomic mass is 35.5. The van der Waals surface area contributed by atoms with Crippen LogP contribution in [0, 0.1) is 5.82 Å². The van der Waals surface area contributed by atoms with Gasteiger partial charge >= 0.3 is 0 Å². The molecule has 0 bridgehead atoms. The van der Waals surface area contributed by atoms with E-state index in [0.717, 1.165) is 0 Å². The largest absolute Gasteiger partial charge is 0.220 e. The molecule has 0 aliphatic heterocycles. The van der Waals surface area contributed by atoms with Gasteiger partial charge in [-0.05, 0) is 18.2 Å². The van der Waals surface area contributed by atoms with Gasteiger partial charge in [-0.2, -0.15) is 0 Å². The Hall–Kier alpha value is -1.26. The minimum Gasteiger partial charge on any atom is -0.220 e. The molecule has 15 heavy (non-hydrogen) atoms. The van der Waals surface area contributed by atoms with Crippen LogP contribution in [-0.2, 0) is 0 Å². The van der Waals surface area contributed by atoms with E-state index in [-0.39, 0.29) is 16.4 Å². The summed E-state index contributed by atoms with van der Waals surface area (Å²) < 4.78 is 13.4. The first kappa shape index (κ1) is 10.3. The van der Waals surface area contributed by atoms with E-state index in [4.69, 9.17) is 23.2 Å². The molecule has 0 atom stereocenters. The van der Waals surface area contributed by atoms with Crippen molar-refractivity contribution in [3.05, 3.63) is 40.5 Å². The molecule has 0 aliphatic carbocycles. The summed E-state index contributed by atoms with van der Waals surface area (Å²) in [6, 6.07) is 4.11. The molecule has 0 amide bonds. The molecule has 2 aromatic rings. The summed E-state index contributed by atoms with van der Waals surface area (Å²) in [5.74, 6) is -0.469. The highest BCUT2D eigenvalue weighted by molar-refractivity contribution is 6.32. The quantitative estimate of drug-likeness (QED) is 0.773. The van der Waals surface area contributed by atoms with Gasteiger partial charge in [0, 0.05) is 10.6 Å². The van der Waals surface area contributed by atoms with Crippen LogP contribution in [0.1, 0.15) is 0 Å². The second kappa shape index (κ2) is 4.08. The zero-order chi connectivity index (χ0) is 10.8. The molecular weight excluding hydrogens is 240 g/mol. The maximum Gasteiger partial charge on any atom is 0.159 e. The molecule has 3 nitrogen and oxygen atoms in total. The van der Waals surface area contributed by atoms with Crippen LogP contribution in [-0.4, -0.2) is 15.2 Å². The SMILES string of the molecule is Fc1ccc(Cl)cc1-c1nncnc1Cl. The summed E-state index contributed by atoms with van der Waals surface area (Å²) >= 11 is 11.5. The molecule has 0 radical (unpaired) electrons. The Balaban J connectivity index is 2.64. The van der Waals surface area contributed by atoms with Gasteiger partial charge in [-0.3, -0.25) is 0 Å². The number of rotatable bonds is 1. The van der Waals surface area contributed by atoms with Crippen LogP contribution >= 0.6 is 23.2 Å². The van der Waals surface area contributed by atoms with Gasteiger partial charge in [0.1, 0.15) is 17.8 Å². The molecule has 0 aliphatic rings. The van der Waals surface area contributed by atoms with Crippen molar-refractivity contribution >= 4 is 23.2 Å². The Kier molecular flexibility index (Phi) is 2.79. The van der Waals surface area contributed by atoms with Crippen LogP contribution in [0.5, 0.6) is 0 Å². The monoisotopic (exact) mass is 243 g/mol. The molecule has 1 aromatic carbocycles. The number of benzene rings is 1. The molecule has 0 saturated heterocycles. The highest BCUT2D eigenvalue weighted by Crippen LogP contribution is 2.27. The fraction of sp³-hybridized carbons (Fsp3) is 0. The molecule has 76 valence electrons. The van der Waals surface area contributed by atoms with Crippen molar-refractivity contribution in [2.45, 2.75) is 0 Å². The first-order chi connectivity index (χ1) is 7.18. The normalized spacial score (nSPS) is 10.3. The Morgan fingerprint density at radius 3 is 2.73 bits per heavy atom. The number of hydrogen-bond donors (Lipinski definition) is 0. The average molecular weight is 244 g/mol. The van der Waals surface area contributed by atoms with Gasteiger partial charge in [0.05, 0.1) is 0 Å². The van der Waals surface area contributed by atoms with Crippen molar-refractivity contribution in [2.24, 2.45) is 0 Å². The summed E-state index contributed by atoms with van der Waals surface area (Å²) in [4.78, 5) is 3.71. The smallest absolute Gasteiger partial charge is 0.159 e. The molecule has 1 heterocycles. The fourth-order valence-corrected chi connectivity index (χ4v) is 1.46. The van der Waals surface area contributed by atoms with Crippen molar-refractivity contribution in [3.8, 4) is 11.3 Å². The lowest BCUT2D eigenvalue weighted by molar-refractivity contribution is 0.630. The summed E-state index contributed by atoms with van der Waals surface area (Å²) in [6.45, 7) is 0. The second-order valence-electron chi connectivity index (χ2n) is 2.72. The van der Waals surface area contributed by atoms with Gasteiger partial charge in [0.25, 0.3) is 0 Å². The van der Waals surface area contributed by atoms with Crippen molar-refractivity contribution in [1.82, 2.24) is 15.2 Å². The fourth-order valence-electron chi connectivity index (χ4n) is 1.11. The lowest BCUT2D eigenvalue weighted by Crippen LogP contribution is -1.93. The second-order valence-corrected chi connectivity index (χ2v) is 3.52. The Bertz CT molecular complexity index is 504. The van der Waals surface area contributed by atoms with Gasteiger partial charge in [0.2, 0.25) is 0 Å². The molecule has 0 unspecified atom stereocenters. The number of hydrogen-bond acceptors (Lipinski definition) is 3. The van der Waals surface area contributed by atoms with Crippen LogP contribution in [0.15, 0.2) is 24.5 Å². The molecular formula is C9H4Cl2FN3. The molecule has 1 aromatic heterocycles. The average Bonchev–Trinajstić information content (AvgIpc) is 2.23. The van der Waals surface area contributed by atoms with Crippen molar-refractivity contribution in [1.29, 1.82) is 0 Å². The first-order valence-corrected chi connectivity index (χ1v) is 4.72. The standard InChI is InChI=1S/C9H4Cl2FN3/c10-5-1-2-7(12)6(3-5)8-9(11)13-4-14-15-8/h1-4H. The van der Waals surface area contributed by atoms with Crippen LogP contribution in [0.25, 0.3) is 11.3 Å². The van der Waals surface area contributed by atoms with E-state index in [1.807, 2.05) is 0 Å². The lowest BCUT2D eigenvalue weighted by Gasteiger charge is -2.02. The molecule has 6 heteroatoms. The van der Waals surface area contributed by atoms with E-state index in [1.165, 1.54) is 24.5 Å². The lowest BCUT2D eigenvalue weighted by atomic mass is 10.1. The number of nitrogens with zero attached hydrogens (tertiary/aromatic N) is 3. The summed E-state index contributed by atoms with van der Waals surface area (Å²) in [7, 11) is 0. The van der Waals surface area contributed by atoms with Gasteiger partial charge in [-0.15, -0.1) is 10.2 Å². The van der Waals surface area contributed by atoms with E-state index in [0.29, 0.717) is 5.02 Å². The van der Waals surface area contributed by atoms with Gasteiger partial charge in [-0.25, -0.2) is 9.37 Å². The Morgan fingerprint density at radius 2 is 2.00 bits per heavy atom. The predicted molar refractivity (Wildman–Crippen MR) is 55.2 cm³/mol. The third-order valence-electron chi connectivity index (χ3n) is 1.76. The zero-order valence-electron chi connectivity index (χ0n) is 7.28. The van der Waals surface area contributed by atoms with Gasteiger partial charge < -0.3 is 0 Å². The van der Waals surface area contributed by atoms with E-state index >= 15 is 0 Å². The third-order valence-corrected chi connectivity index (χ3v) is 2.27. The third kappa shape index (κ3) is 2.06. The maximum atomic E-state index is 13.4. The van der Waals surface area contributed by atoms with E-state index in [1.54, 1.807) is 0 Å². The van der Waals surface area contributed by atoms with Crippen molar-refractivity contribution in [2.75, 3.05) is 0 Å². The van der Waals surface area contributed by atoms with Crippen molar-refractivity contribution in [3.63, 3.8) is 0 Å². The molecule has 0 saturated carbocycles. The molecule has 0 N–H and O–H groups in total. The summed E-state index contributed by atoms with van der Waals surface area (Å²) in [5, 5.41) is 7.73. The summed E-state index contributed by atoms with van der Waals surface area (Å²) in [5.41, 5.74) is 0.368. The molecule has 0 spiro atoms. The minimum absolute atomic E-state index is 0.0890. The zero-order valence-corrected chi connectivity index (χ0v) is 8.80. The van der Waals surface area contributed by atoms with Crippen LogP contribution in [0.4, 0.5) is 4.39 Å². The molecule has 2 rings (SSSR count). The minimum atomic E-state index is -0.469. The van der Waals surface area contributed by atoms with Crippen LogP contribution in [0.2, 0.25) is 10.2 Å². The Morgan fingerprint density at radius 1 is 1.20 bits per heavy atom. The molecule has 0 fully saturated rings. The van der Waals surface area contributed by atoms with Crippen LogP contribution < -0.4 is 0 Å². The first-order valence-electron chi connectivity index (χ1n) is 3.97. The maximum absolute atomic E-state index is 13.4. The van der Waals surface area contributed by atoms with E-state index in [2.05, 4.69) is 15.2 Å². The predicted octanol–water partition coefficient (Wildman–Crippen LogP) is 2.98. The number of aromatic nitrogens is 3. The number of halogens is 3.